The van der Waals surface area contributed by atoms with Crippen LogP contribution >= 0.6 is 0 Å². The molecule has 2 aromatic carbocycles. The third-order valence-electron chi connectivity index (χ3n) is 4.31. The van der Waals surface area contributed by atoms with Crippen molar-refractivity contribution in [1.29, 1.82) is 0 Å². The summed E-state index contributed by atoms with van der Waals surface area (Å²) in [5.41, 5.74) is 2.82. The summed E-state index contributed by atoms with van der Waals surface area (Å²) >= 11 is 0. The van der Waals surface area contributed by atoms with Gasteiger partial charge >= 0.3 is 0 Å². The normalized spacial score (nSPS) is 13.6. The number of ether oxygens (including phenoxy) is 1. The van der Waals surface area contributed by atoms with Crippen molar-refractivity contribution < 1.29 is 10.1 Å². The van der Waals surface area contributed by atoms with Crippen LogP contribution < -0.4 is 10.1 Å². The molecule has 0 aromatic heterocycles. The van der Waals surface area contributed by atoms with Crippen molar-refractivity contribution in [2.45, 2.75) is 38.6 Å². The van der Waals surface area contributed by atoms with E-state index in [9.17, 15) is 0 Å². The topological polar surface area (TPSA) is 25.8 Å². The second-order valence-electron chi connectivity index (χ2n) is 6.15. The van der Waals surface area contributed by atoms with Gasteiger partial charge in [0.05, 0.1) is 19.7 Å². The zero-order valence-electron chi connectivity index (χ0n) is 14.0. The van der Waals surface area contributed by atoms with Crippen LogP contribution in [-0.4, -0.2) is 19.7 Å². The van der Waals surface area contributed by atoms with Crippen molar-refractivity contribution in [3.05, 3.63) is 65.7 Å². The Morgan fingerprint density at radius 1 is 0.955 bits per heavy atom. The first-order valence-electron chi connectivity index (χ1n) is 8.20. The number of nitrogens with two attached hydrogens (primary N) is 1. The summed E-state index contributed by atoms with van der Waals surface area (Å²) in [6.07, 6.45) is 2.33. The first kappa shape index (κ1) is 16.6. The first-order chi connectivity index (χ1) is 10.7. The van der Waals surface area contributed by atoms with Crippen molar-refractivity contribution in [1.82, 2.24) is 0 Å². The standard InChI is InChI=1S/C20H27NO/c1-16(19-7-5-4-6-8-19)15-21-17(2)9-10-18-11-13-20(22-3)14-12-18/h4-8,11-14,16-17,21H,9-10,15H2,1-3H3/p+1/t16-,17-/m0/s1. The van der Waals surface area contributed by atoms with E-state index in [2.05, 4.69) is 61.6 Å². The highest BCUT2D eigenvalue weighted by Crippen LogP contribution is 2.13. The minimum absolute atomic E-state index is 0.602. The van der Waals surface area contributed by atoms with Crippen LogP contribution in [0, 0.1) is 0 Å². The van der Waals surface area contributed by atoms with Crippen molar-refractivity contribution in [3.8, 4) is 5.75 Å². The van der Waals surface area contributed by atoms with E-state index in [-0.39, 0.29) is 0 Å². The van der Waals surface area contributed by atoms with Gasteiger partial charge < -0.3 is 10.1 Å². The lowest BCUT2D eigenvalue weighted by atomic mass is 10.0. The van der Waals surface area contributed by atoms with Crippen molar-refractivity contribution >= 4 is 0 Å². The molecule has 22 heavy (non-hydrogen) atoms. The Morgan fingerprint density at radius 2 is 1.64 bits per heavy atom. The second-order valence-corrected chi connectivity index (χ2v) is 6.15. The summed E-state index contributed by atoms with van der Waals surface area (Å²) < 4.78 is 5.20. The summed E-state index contributed by atoms with van der Waals surface area (Å²) in [5, 5.41) is 2.47. The molecule has 2 nitrogen and oxygen atoms in total. The molecule has 0 saturated carbocycles. The Balaban J connectivity index is 1.72. The van der Waals surface area contributed by atoms with E-state index in [0.717, 1.165) is 18.7 Å². The van der Waals surface area contributed by atoms with Crippen LogP contribution in [0.3, 0.4) is 0 Å². The Kier molecular flexibility index (Phi) is 6.47. The van der Waals surface area contributed by atoms with Crippen molar-refractivity contribution in [2.24, 2.45) is 0 Å². The summed E-state index contributed by atoms with van der Waals surface area (Å²) in [6, 6.07) is 19.8. The van der Waals surface area contributed by atoms with Gasteiger partial charge in [0.2, 0.25) is 0 Å². The molecule has 0 heterocycles. The van der Waals surface area contributed by atoms with Gasteiger partial charge in [-0.25, -0.2) is 0 Å². The summed E-state index contributed by atoms with van der Waals surface area (Å²) in [6.45, 7) is 5.77. The van der Waals surface area contributed by atoms with Crippen LogP contribution in [-0.2, 0) is 6.42 Å². The molecule has 0 radical (unpaired) electrons. The van der Waals surface area contributed by atoms with E-state index in [4.69, 9.17) is 4.74 Å². The Labute approximate surface area is 134 Å². The lowest BCUT2D eigenvalue weighted by Crippen LogP contribution is -2.90. The van der Waals surface area contributed by atoms with Gasteiger partial charge in [-0.2, -0.15) is 0 Å². The molecule has 0 fully saturated rings. The number of hydrogen-bond acceptors (Lipinski definition) is 1. The van der Waals surface area contributed by atoms with Gasteiger partial charge in [-0.1, -0.05) is 49.4 Å². The van der Waals surface area contributed by atoms with Gasteiger partial charge in [-0.05, 0) is 36.6 Å². The molecular formula is C20H28NO+. The molecule has 0 aliphatic rings. The Hall–Kier alpha value is -1.80. The average molecular weight is 298 g/mol. The van der Waals surface area contributed by atoms with E-state index in [1.807, 2.05) is 12.1 Å². The number of aryl methyl sites for hydroxylation is 1. The zero-order valence-corrected chi connectivity index (χ0v) is 14.0. The van der Waals surface area contributed by atoms with Crippen LogP contribution in [0.2, 0.25) is 0 Å². The zero-order chi connectivity index (χ0) is 15.8. The maximum Gasteiger partial charge on any atom is 0.118 e. The average Bonchev–Trinajstić information content (AvgIpc) is 2.59. The smallest absolute Gasteiger partial charge is 0.118 e. The molecule has 2 rings (SSSR count). The van der Waals surface area contributed by atoms with Gasteiger partial charge in [0.25, 0.3) is 0 Å². The Bertz CT molecular complexity index is 535. The molecule has 0 bridgehead atoms. The fourth-order valence-electron chi connectivity index (χ4n) is 2.66. The minimum atomic E-state index is 0.602. The number of hydrogen-bond donors (Lipinski definition) is 1. The summed E-state index contributed by atoms with van der Waals surface area (Å²) in [7, 11) is 1.71. The molecule has 0 aliphatic heterocycles. The molecule has 0 saturated heterocycles. The third kappa shape index (κ3) is 5.19. The highest BCUT2D eigenvalue weighted by molar-refractivity contribution is 5.27. The number of methoxy groups -OCH3 is 1. The highest BCUT2D eigenvalue weighted by atomic mass is 16.5. The highest BCUT2D eigenvalue weighted by Gasteiger charge is 2.10. The number of quaternary nitrogens is 1. The summed E-state index contributed by atoms with van der Waals surface area (Å²) in [5.74, 6) is 1.53. The lowest BCUT2D eigenvalue weighted by Gasteiger charge is -2.15. The predicted octanol–water partition coefficient (Wildman–Crippen LogP) is 3.38. The van der Waals surface area contributed by atoms with E-state index in [0.29, 0.717) is 12.0 Å². The number of rotatable bonds is 8. The molecule has 118 valence electrons. The van der Waals surface area contributed by atoms with Crippen molar-refractivity contribution in [2.75, 3.05) is 13.7 Å². The molecule has 0 aliphatic carbocycles. The second kappa shape index (κ2) is 8.60. The minimum Gasteiger partial charge on any atom is -0.497 e. The first-order valence-corrected chi connectivity index (χ1v) is 8.20. The predicted molar refractivity (Wildman–Crippen MR) is 92.4 cm³/mol. The van der Waals surface area contributed by atoms with Gasteiger partial charge in [0.1, 0.15) is 5.75 Å². The molecule has 2 N–H and O–H groups in total. The fraction of sp³-hybridized carbons (Fsp3) is 0.400. The molecule has 0 unspecified atom stereocenters. The van der Waals surface area contributed by atoms with Crippen molar-refractivity contribution in [3.63, 3.8) is 0 Å². The maximum absolute atomic E-state index is 5.20. The molecule has 2 heteroatoms. The molecule has 2 aromatic rings. The lowest BCUT2D eigenvalue weighted by molar-refractivity contribution is -0.688. The molecule has 0 spiro atoms. The van der Waals surface area contributed by atoms with Crippen LogP contribution in [0.5, 0.6) is 5.75 Å². The maximum atomic E-state index is 5.20. The van der Waals surface area contributed by atoms with E-state index in [1.54, 1.807) is 7.11 Å². The Morgan fingerprint density at radius 3 is 2.27 bits per heavy atom. The van der Waals surface area contributed by atoms with Crippen LogP contribution in [0.15, 0.2) is 54.6 Å². The van der Waals surface area contributed by atoms with Gasteiger partial charge in [-0.15, -0.1) is 0 Å². The van der Waals surface area contributed by atoms with Gasteiger partial charge in [0.15, 0.2) is 0 Å². The van der Waals surface area contributed by atoms with E-state index >= 15 is 0 Å². The van der Waals surface area contributed by atoms with Crippen LogP contribution in [0.25, 0.3) is 0 Å². The third-order valence-corrected chi connectivity index (χ3v) is 4.31. The van der Waals surface area contributed by atoms with E-state index in [1.165, 1.54) is 17.5 Å². The largest absolute Gasteiger partial charge is 0.497 e. The SMILES string of the molecule is COc1ccc(CC[C@H](C)[NH2+]C[C@H](C)c2ccccc2)cc1. The van der Waals surface area contributed by atoms with Gasteiger partial charge in [0, 0.05) is 12.3 Å². The van der Waals surface area contributed by atoms with Gasteiger partial charge in [-0.3, -0.25) is 0 Å². The van der Waals surface area contributed by atoms with E-state index < -0.39 is 0 Å². The monoisotopic (exact) mass is 298 g/mol. The van der Waals surface area contributed by atoms with Crippen LogP contribution in [0.1, 0.15) is 37.3 Å². The quantitative estimate of drug-likeness (QED) is 0.794. The fourth-order valence-corrected chi connectivity index (χ4v) is 2.66. The molecular weight excluding hydrogens is 270 g/mol. The summed E-state index contributed by atoms with van der Waals surface area (Å²) in [4.78, 5) is 0. The molecule has 2 atom stereocenters. The molecule has 0 amide bonds. The van der Waals surface area contributed by atoms with Crippen LogP contribution in [0.4, 0.5) is 0 Å². The number of benzene rings is 2.